The number of esters is 1. The molecule has 0 heterocycles. The van der Waals surface area contributed by atoms with Crippen LogP contribution >= 0.6 is 0 Å². The van der Waals surface area contributed by atoms with Gasteiger partial charge in [-0.05, 0) is 40.7 Å². The molecular formula is C37H35BO6S. The zero-order valence-corrected chi connectivity index (χ0v) is 25.6. The fourth-order valence-corrected chi connectivity index (χ4v) is 6.19. The van der Waals surface area contributed by atoms with Gasteiger partial charge in [0.25, 0.3) is 0 Å². The summed E-state index contributed by atoms with van der Waals surface area (Å²) in [5.74, 6) is -1.29. The Kier molecular flexibility index (Phi) is 11.5. The molecule has 0 aliphatic carbocycles. The van der Waals surface area contributed by atoms with E-state index in [2.05, 4.69) is 36.4 Å². The Morgan fingerprint density at radius 2 is 1.07 bits per heavy atom. The summed E-state index contributed by atoms with van der Waals surface area (Å²) in [5, 5.41) is 10.4. The minimum atomic E-state index is -2.17. The highest BCUT2D eigenvalue weighted by Crippen LogP contribution is 2.43. The molecule has 228 valence electrons. The minimum absolute atomic E-state index is 0.140. The third-order valence-electron chi connectivity index (χ3n) is 7.64. The van der Waals surface area contributed by atoms with Crippen LogP contribution in [0, 0.1) is 0 Å². The molecule has 0 spiro atoms. The second-order valence-electron chi connectivity index (χ2n) is 10.5. The van der Waals surface area contributed by atoms with Gasteiger partial charge in [-0.1, -0.05) is 152 Å². The van der Waals surface area contributed by atoms with Crippen molar-refractivity contribution >= 4 is 24.4 Å². The van der Waals surface area contributed by atoms with Crippen molar-refractivity contribution in [1.82, 2.24) is 0 Å². The predicted molar refractivity (Wildman–Crippen MR) is 177 cm³/mol. The highest BCUT2D eigenvalue weighted by molar-refractivity contribution is 7.81. The molecule has 5 rings (SSSR count). The maximum Gasteiger partial charge on any atom is 0.650 e. The molecule has 5 aromatic rings. The molecule has 0 aliphatic heterocycles. The van der Waals surface area contributed by atoms with Gasteiger partial charge in [-0.2, -0.15) is 0 Å². The molecule has 0 aliphatic rings. The van der Waals surface area contributed by atoms with Crippen LogP contribution in [0.4, 0.5) is 0 Å². The molecule has 6 nitrogen and oxygen atoms in total. The van der Waals surface area contributed by atoms with Crippen LogP contribution in [-0.4, -0.2) is 34.9 Å². The first-order valence-corrected chi connectivity index (χ1v) is 16.1. The standard InChI is InChI=1S/C37H35BO6S/c39-35(43-36(30-17-6-1-7-18-30)31-19-8-2-9-20-31)29-45(41)44-38(40)42-28-16-27-37(32-21-10-3-11-22-32,33-23-12-4-13-24-33)34-25-14-5-15-26-34/h1-15,17-26,36,40H,16,27-29H2. The van der Waals surface area contributed by atoms with Gasteiger partial charge in [0, 0.05) is 12.0 Å². The monoisotopic (exact) mass is 618 g/mol. The summed E-state index contributed by atoms with van der Waals surface area (Å²) in [6.07, 6.45) is 0.564. The van der Waals surface area contributed by atoms with Crippen molar-refractivity contribution in [3.05, 3.63) is 179 Å². The molecule has 1 unspecified atom stereocenters. The third kappa shape index (κ3) is 8.44. The van der Waals surface area contributed by atoms with Crippen LogP contribution in [0.15, 0.2) is 152 Å². The summed E-state index contributed by atoms with van der Waals surface area (Å²) in [6.45, 7) is 0.140. The van der Waals surface area contributed by atoms with Gasteiger partial charge in [0.05, 0.1) is 0 Å². The van der Waals surface area contributed by atoms with Gasteiger partial charge < -0.3 is 14.4 Å². The Morgan fingerprint density at radius 1 is 0.667 bits per heavy atom. The molecular weight excluding hydrogens is 583 g/mol. The highest BCUT2D eigenvalue weighted by atomic mass is 32.2. The van der Waals surface area contributed by atoms with Gasteiger partial charge in [-0.15, -0.1) is 0 Å². The van der Waals surface area contributed by atoms with Crippen LogP contribution in [0.3, 0.4) is 0 Å². The predicted octanol–water partition coefficient (Wildman–Crippen LogP) is 6.81. The molecule has 0 bridgehead atoms. The normalized spacial score (nSPS) is 12.0. The number of carbonyl (C=O) groups excluding carboxylic acids is 1. The van der Waals surface area contributed by atoms with Crippen molar-refractivity contribution in [3.63, 3.8) is 0 Å². The summed E-state index contributed by atoms with van der Waals surface area (Å²) in [4.78, 5) is 12.7. The average Bonchev–Trinajstić information content (AvgIpc) is 3.09. The van der Waals surface area contributed by atoms with Gasteiger partial charge in [-0.25, -0.2) is 4.21 Å². The smallest absolute Gasteiger partial charge is 0.452 e. The molecule has 1 atom stereocenters. The van der Waals surface area contributed by atoms with Gasteiger partial charge in [0.15, 0.2) is 17.2 Å². The number of carbonyl (C=O) groups is 1. The number of hydrogen-bond acceptors (Lipinski definition) is 6. The van der Waals surface area contributed by atoms with Crippen LogP contribution in [0.25, 0.3) is 0 Å². The Balaban J connectivity index is 1.19. The maximum absolute atomic E-state index is 12.7. The van der Waals surface area contributed by atoms with E-state index in [0.29, 0.717) is 12.8 Å². The lowest BCUT2D eigenvalue weighted by molar-refractivity contribution is -0.144. The second kappa shape index (κ2) is 16.1. The zero-order valence-electron chi connectivity index (χ0n) is 24.8. The quantitative estimate of drug-likeness (QED) is 0.0601. The Bertz CT molecular complexity index is 1490. The SMILES string of the molecule is O=C(CS(=O)OB(O)OCCCC(c1ccccc1)(c1ccccc1)c1ccccc1)OC(c1ccccc1)c1ccccc1. The van der Waals surface area contributed by atoms with Crippen LogP contribution < -0.4 is 0 Å². The lowest BCUT2D eigenvalue weighted by atomic mass is 9.67. The summed E-state index contributed by atoms with van der Waals surface area (Å²) >= 11 is -2.17. The van der Waals surface area contributed by atoms with E-state index in [1.54, 1.807) is 0 Å². The van der Waals surface area contributed by atoms with Crippen molar-refractivity contribution < 1.29 is 27.5 Å². The van der Waals surface area contributed by atoms with Crippen molar-refractivity contribution in [2.75, 3.05) is 12.4 Å². The number of hydrogen-bond donors (Lipinski definition) is 1. The van der Waals surface area contributed by atoms with Crippen molar-refractivity contribution in [3.8, 4) is 0 Å². The molecule has 5 aromatic carbocycles. The Hall–Kier alpha value is -4.34. The summed E-state index contributed by atoms with van der Waals surface area (Å²) < 4.78 is 28.9. The zero-order chi connectivity index (χ0) is 31.3. The maximum atomic E-state index is 12.7. The van der Waals surface area contributed by atoms with E-state index in [9.17, 15) is 14.0 Å². The van der Waals surface area contributed by atoms with E-state index in [1.165, 1.54) is 0 Å². The van der Waals surface area contributed by atoms with Crippen molar-refractivity contribution in [1.29, 1.82) is 0 Å². The Labute approximate surface area is 267 Å². The van der Waals surface area contributed by atoms with E-state index in [0.717, 1.165) is 27.8 Å². The van der Waals surface area contributed by atoms with Crippen molar-refractivity contribution in [2.45, 2.75) is 24.4 Å². The molecule has 8 heteroatoms. The van der Waals surface area contributed by atoms with Crippen LogP contribution in [-0.2, 0) is 34.8 Å². The van der Waals surface area contributed by atoms with Crippen LogP contribution in [0.5, 0.6) is 0 Å². The fourth-order valence-electron chi connectivity index (χ4n) is 5.62. The van der Waals surface area contributed by atoms with Gasteiger partial charge in [0.1, 0.15) is 5.75 Å². The van der Waals surface area contributed by atoms with E-state index in [1.807, 2.05) is 115 Å². The molecule has 0 radical (unpaired) electrons. The average molecular weight is 619 g/mol. The lowest BCUT2D eigenvalue weighted by Crippen LogP contribution is -2.31. The molecule has 0 amide bonds. The topological polar surface area (TPSA) is 82.1 Å². The summed E-state index contributed by atoms with van der Waals surface area (Å²) in [5.41, 5.74) is 4.53. The minimum Gasteiger partial charge on any atom is -0.452 e. The highest BCUT2D eigenvalue weighted by Gasteiger charge is 2.36. The molecule has 0 saturated carbocycles. The van der Waals surface area contributed by atoms with Gasteiger partial charge >= 0.3 is 13.3 Å². The molecule has 0 aromatic heterocycles. The summed E-state index contributed by atoms with van der Waals surface area (Å²) in [6, 6.07) is 49.6. The van der Waals surface area contributed by atoms with Crippen LogP contribution in [0.2, 0.25) is 0 Å². The lowest BCUT2D eigenvalue weighted by Gasteiger charge is -2.36. The number of ether oxygens (including phenoxy) is 1. The Morgan fingerprint density at radius 3 is 1.49 bits per heavy atom. The number of benzene rings is 5. The second-order valence-corrected chi connectivity index (χ2v) is 11.6. The summed E-state index contributed by atoms with van der Waals surface area (Å²) in [7, 11) is -1.77. The first-order chi connectivity index (χ1) is 22.1. The fraction of sp³-hybridized carbons (Fsp3) is 0.162. The van der Waals surface area contributed by atoms with Crippen molar-refractivity contribution in [2.24, 2.45) is 0 Å². The molecule has 0 fully saturated rings. The van der Waals surface area contributed by atoms with E-state index >= 15 is 0 Å². The third-order valence-corrected chi connectivity index (χ3v) is 8.49. The molecule has 0 saturated heterocycles. The number of rotatable bonds is 15. The first-order valence-electron chi connectivity index (χ1n) is 14.9. The first kappa shape index (κ1) is 32.1. The molecule has 45 heavy (non-hydrogen) atoms. The van der Waals surface area contributed by atoms with Gasteiger partial charge in [-0.3, -0.25) is 8.90 Å². The molecule has 1 N–H and O–H groups in total. The van der Waals surface area contributed by atoms with Crippen LogP contribution in [0.1, 0.15) is 46.8 Å². The van der Waals surface area contributed by atoms with Gasteiger partial charge in [0.2, 0.25) is 0 Å². The van der Waals surface area contributed by atoms with E-state index in [4.69, 9.17) is 13.5 Å². The van der Waals surface area contributed by atoms with E-state index < -0.39 is 41.6 Å². The van der Waals surface area contributed by atoms with E-state index in [-0.39, 0.29) is 6.61 Å². The largest absolute Gasteiger partial charge is 0.650 e.